The highest BCUT2D eigenvalue weighted by Gasteiger charge is 2.13. The Balaban J connectivity index is 1.71. The van der Waals surface area contributed by atoms with E-state index in [2.05, 4.69) is 10.3 Å². The molecule has 0 atom stereocenters. The molecule has 0 fully saturated rings. The van der Waals surface area contributed by atoms with Crippen LogP contribution in [0.25, 0.3) is 21.7 Å². The number of rotatable bonds is 2. The quantitative estimate of drug-likeness (QED) is 0.600. The van der Waals surface area contributed by atoms with Gasteiger partial charge in [0.1, 0.15) is 5.58 Å². The molecule has 0 radical (unpaired) electrons. The Hall–Kier alpha value is -3.14. The van der Waals surface area contributed by atoms with Gasteiger partial charge in [0.2, 0.25) is 0 Å². The standard InChI is InChI=1S/C18H12N2O2/c21-18(17-10-12-4-1-2-7-16(12)22-17)20-15-6-3-5-13-11-19-9-8-14(13)15/h1-11H,(H,20,21). The zero-order valence-corrected chi connectivity index (χ0v) is 11.6. The van der Waals surface area contributed by atoms with Gasteiger partial charge in [-0.1, -0.05) is 30.3 Å². The van der Waals surface area contributed by atoms with Gasteiger partial charge in [0, 0.05) is 34.2 Å². The molecule has 0 aliphatic carbocycles. The number of anilines is 1. The smallest absolute Gasteiger partial charge is 0.291 e. The van der Waals surface area contributed by atoms with Gasteiger partial charge in [-0.25, -0.2) is 0 Å². The largest absolute Gasteiger partial charge is 0.451 e. The maximum Gasteiger partial charge on any atom is 0.291 e. The first-order chi connectivity index (χ1) is 10.8. The van der Waals surface area contributed by atoms with Gasteiger partial charge in [0.05, 0.1) is 0 Å². The van der Waals surface area contributed by atoms with Crippen LogP contribution >= 0.6 is 0 Å². The first kappa shape index (κ1) is 12.6. The molecule has 0 saturated heterocycles. The number of hydrogen-bond donors (Lipinski definition) is 1. The van der Waals surface area contributed by atoms with Crippen LogP contribution in [-0.4, -0.2) is 10.9 Å². The third-order valence-corrected chi connectivity index (χ3v) is 3.58. The Bertz CT molecular complexity index is 950. The molecule has 2 aromatic carbocycles. The fraction of sp³-hybridized carbons (Fsp3) is 0. The number of carbonyl (C=O) groups is 1. The monoisotopic (exact) mass is 288 g/mol. The second-order valence-electron chi connectivity index (χ2n) is 5.00. The van der Waals surface area contributed by atoms with Crippen LogP contribution in [0.1, 0.15) is 10.6 Å². The number of amides is 1. The summed E-state index contributed by atoms with van der Waals surface area (Å²) in [5.74, 6) is 0.0350. The van der Waals surface area contributed by atoms with Crippen molar-refractivity contribution >= 4 is 33.3 Å². The summed E-state index contributed by atoms with van der Waals surface area (Å²) >= 11 is 0. The summed E-state index contributed by atoms with van der Waals surface area (Å²) < 4.78 is 5.59. The lowest BCUT2D eigenvalue weighted by Gasteiger charge is -2.06. The number of carbonyl (C=O) groups excluding carboxylic acids is 1. The summed E-state index contributed by atoms with van der Waals surface area (Å²) in [6.07, 6.45) is 3.48. The van der Waals surface area contributed by atoms with E-state index in [1.807, 2.05) is 48.5 Å². The van der Waals surface area contributed by atoms with Gasteiger partial charge in [-0.3, -0.25) is 9.78 Å². The van der Waals surface area contributed by atoms with Crippen LogP contribution in [0, 0.1) is 0 Å². The lowest BCUT2D eigenvalue weighted by molar-refractivity contribution is 0.0999. The lowest BCUT2D eigenvalue weighted by Crippen LogP contribution is -2.11. The molecule has 0 unspecified atom stereocenters. The first-order valence-corrected chi connectivity index (χ1v) is 6.94. The minimum Gasteiger partial charge on any atom is -0.451 e. The van der Waals surface area contributed by atoms with E-state index in [-0.39, 0.29) is 5.91 Å². The van der Waals surface area contributed by atoms with Crippen molar-refractivity contribution in [2.24, 2.45) is 0 Å². The molecule has 4 nitrogen and oxygen atoms in total. The summed E-state index contributed by atoms with van der Waals surface area (Å²) in [4.78, 5) is 16.5. The third kappa shape index (κ3) is 2.11. The van der Waals surface area contributed by atoms with Crippen LogP contribution in [0.5, 0.6) is 0 Å². The van der Waals surface area contributed by atoms with E-state index >= 15 is 0 Å². The maximum atomic E-state index is 12.4. The van der Waals surface area contributed by atoms with Crippen molar-refractivity contribution in [1.82, 2.24) is 4.98 Å². The molecule has 2 heterocycles. The van der Waals surface area contributed by atoms with E-state index in [1.54, 1.807) is 18.5 Å². The average Bonchev–Trinajstić information content (AvgIpc) is 2.99. The van der Waals surface area contributed by atoms with Crippen LogP contribution in [0.4, 0.5) is 5.69 Å². The molecular formula is C18H12N2O2. The molecule has 106 valence electrons. The Kier molecular flexibility index (Phi) is 2.86. The molecule has 0 spiro atoms. The van der Waals surface area contributed by atoms with Crippen molar-refractivity contribution < 1.29 is 9.21 Å². The Morgan fingerprint density at radius 1 is 1.00 bits per heavy atom. The van der Waals surface area contributed by atoms with Crippen molar-refractivity contribution in [3.63, 3.8) is 0 Å². The van der Waals surface area contributed by atoms with E-state index in [0.29, 0.717) is 11.3 Å². The van der Waals surface area contributed by atoms with E-state index < -0.39 is 0 Å². The van der Waals surface area contributed by atoms with Crippen LogP contribution in [0.3, 0.4) is 0 Å². The molecule has 1 N–H and O–H groups in total. The predicted molar refractivity (Wildman–Crippen MR) is 85.9 cm³/mol. The van der Waals surface area contributed by atoms with Gasteiger partial charge >= 0.3 is 0 Å². The number of nitrogens with zero attached hydrogens (tertiary/aromatic N) is 1. The Morgan fingerprint density at radius 2 is 1.86 bits per heavy atom. The van der Waals surface area contributed by atoms with Gasteiger partial charge < -0.3 is 9.73 Å². The predicted octanol–water partition coefficient (Wildman–Crippen LogP) is 4.23. The summed E-state index contributed by atoms with van der Waals surface area (Å²) in [5, 5.41) is 5.74. The van der Waals surface area contributed by atoms with Gasteiger partial charge in [-0.2, -0.15) is 0 Å². The van der Waals surface area contributed by atoms with Crippen molar-refractivity contribution in [3.8, 4) is 0 Å². The van der Waals surface area contributed by atoms with Gasteiger partial charge in [-0.15, -0.1) is 0 Å². The molecule has 2 aromatic heterocycles. The van der Waals surface area contributed by atoms with Gasteiger partial charge in [0.25, 0.3) is 5.91 Å². The molecule has 4 rings (SSSR count). The molecule has 22 heavy (non-hydrogen) atoms. The topological polar surface area (TPSA) is 55.1 Å². The summed E-state index contributed by atoms with van der Waals surface area (Å²) in [6.45, 7) is 0. The SMILES string of the molecule is O=C(Nc1cccc2cnccc12)c1cc2ccccc2o1. The maximum absolute atomic E-state index is 12.4. The molecule has 4 aromatic rings. The van der Waals surface area contributed by atoms with Crippen LogP contribution in [-0.2, 0) is 0 Å². The second-order valence-corrected chi connectivity index (χ2v) is 5.00. The number of para-hydroxylation sites is 1. The lowest BCUT2D eigenvalue weighted by atomic mass is 10.1. The highest BCUT2D eigenvalue weighted by Crippen LogP contribution is 2.24. The molecule has 0 bridgehead atoms. The summed E-state index contributed by atoms with van der Waals surface area (Å²) in [5.41, 5.74) is 1.44. The number of benzene rings is 2. The van der Waals surface area contributed by atoms with E-state index in [9.17, 15) is 4.79 Å². The molecule has 0 saturated carbocycles. The zero-order chi connectivity index (χ0) is 14.9. The molecular weight excluding hydrogens is 276 g/mol. The number of fused-ring (bicyclic) bond motifs is 2. The number of pyridine rings is 1. The van der Waals surface area contributed by atoms with Crippen LogP contribution in [0.15, 0.2) is 71.4 Å². The number of furan rings is 1. The molecule has 4 heteroatoms. The second kappa shape index (κ2) is 5.00. The van der Waals surface area contributed by atoms with Crippen molar-refractivity contribution in [2.45, 2.75) is 0 Å². The minimum absolute atomic E-state index is 0.263. The zero-order valence-electron chi connectivity index (χ0n) is 11.6. The number of hydrogen-bond acceptors (Lipinski definition) is 3. The normalized spacial score (nSPS) is 10.9. The minimum atomic E-state index is -0.263. The molecule has 0 aliphatic rings. The van der Waals surface area contributed by atoms with Crippen molar-refractivity contribution in [3.05, 3.63) is 72.8 Å². The Morgan fingerprint density at radius 3 is 2.77 bits per heavy atom. The first-order valence-electron chi connectivity index (χ1n) is 6.94. The summed E-state index contributed by atoms with van der Waals surface area (Å²) in [7, 11) is 0. The fourth-order valence-electron chi connectivity index (χ4n) is 2.51. The number of nitrogens with one attached hydrogen (secondary N) is 1. The van der Waals surface area contributed by atoms with Gasteiger partial charge in [-0.05, 0) is 24.3 Å². The fourth-order valence-corrected chi connectivity index (χ4v) is 2.51. The molecule has 0 aliphatic heterocycles. The van der Waals surface area contributed by atoms with E-state index in [0.717, 1.165) is 21.8 Å². The average molecular weight is 288 g/mol. The Labute approximate surface area is 126 Å². The van der Waals surface area contributed by atoms with Crippen LogP contribution in [0.2, 0.25) is 0 Å². The van der Waals surface area contributed by atoms with Gasteiger partial charge in [0.15, 0.2) is 5.76 Å². The van der Waals surface area contributed by atoms with Crippen molar-refractivity contribution in [2.75, 3.05) is 5.32 Å². The van der Waals surface area contributed by atoms with E-state index in [4.69, 9.17) is 4.42 Å². The van der Waals surface area contributed by atoms with Crippen LogP contribution < -0.4 is 5.32 Å². The van der Waals surface area contributed by atoms with E-state index in [1.165, 1.54) is 0 Å². The third-order valence-electron chi connectivity index (χ3n) is 3.58. The number of aromatic nitrogens is 1. The van der Waals surface area contributed by atoms with Crippen molar-refractivity contribution in [1.29, 1.82) is 0 Å². The highest BCUT2D eigenvalue weighted by atomic mass is 16.3. The highest BCUT2D eigenvalue weighted by molar-refractivity contribution is 6.09. The summed E-state index contributed by atoms with van der Waals surface area (Å²) in [6, 6.07) is 16.9. The molecule has 1 amide bonds.